The van der Waals surface area contributed by atoms with Crippen LogP contribution in [0, 0.1) is 20.8 Å². The molecule has 0 aliphatic heterocycles. The van der Waals surface area contributed by atoms with Crippen LogP contribution in [-0.4, -0.2) is 16.5 Å². The molecule has 0 spiro atoms. The van der Waals surface area contributed by atoms with Gasteiger partial charge in [-0.1, -0.05) is 13.0 Å². The van der Waals surface area contributed by atoms with Crippen molar-refractivity contribution in [3.05, 3.63) is 45.2 Å². The second-order valence-corrected chi connectivity index (χ2v) is 6.26. The van der Waals surface area contributed by atoms with Gasteiger partial charge in [0, 0.05) is 29.2 Å². The lowest BCUT2D eigenvalue weighted by atomic mass is 10.0. The molecular weight excluding hydrogens is 266 g/mol. The van der Waals surface area contributed by atoms with Crippen LogP contribution in [0.1, 0.15) is 47.0 Å². The van der Waals surface area contributed by atoms with Gasteiger partial charge in [0.2, 0.25) is 0 Å². The molecule has 0 saturated carbocycles. The maximum absolute atomic E-state index is 4.59. The van der Waals surface area contributed by atoms with Crippen molar-refractivity contribution in [3.63, 3.8) is 0 Å². The maximum atomic E-state index is 4.59. The SMILES string of the molecule is CCCNC(Cc1csc(C)n1)c1ccc(C)nc1C. The molecule has 1 N–H and O–H groups in total. The average molecular weight is 289 g/mol. The van der Waals surface area contributed by atoms with Gasteiger partial charge < -0.3 is 5.32 Å². The highest BCUT2D eigenvalue weighted by Crippen LogP contribution is 2.22. The van der Waals surface area contributed by atoms with E-state index in [0.717, 1.165) is 35.8 Å². The number of thiazole rings is 1. The molecule has 2 rings (SSSR count). The first-order chi connectivity index (χ1) is 9.60. The second-order valence-electron chi connectivity index (χ2n) is 5.20. The summed E-state index contributed by atoms with van der Waals surface area (Å²) in [5.74, 6) is 0. The predicted molar refractivity (Wildman–Crippen MR) is 85.3 cm³/mol. The van der Waals surface area contributed by atoms with E-state index in [1.807, 2.05) is 6.92 Å². The molecule has 0 aliphatic carbocycles. The zero-order valence-corrected chi connectivity index (χ0v) is 13.5. The summed E-state index contributed by atoms with van der Waals surface area (Å²) in [5, 5.41) is 6.92. The number of pyridine rings is 1. The van der Waals surface area contributed by atoms with Gasteiger partial charge in [-0.15, -0.1) is 11.3 Å². The quantitative estimate of drug-likeness (QED) is 0.880. The Morgan fingerprint density at radius 2 is 2.00 bits per heavy atom. The number of nitrogens with one attached hydrogen (secondary N) is 1. The van der Waals surface area contributed by atoms with Crippen LogP contribution in [-0.2, 0) is 6.42 Å². The van der Waals surface area contributed by atoms with E-state index in [1.54, 1.807) is 11.3 Å². The molecule has 0 bridgehead atoms. The van der Waals surface area contributed by atoms with E-state index in [2.05, 4.69) is 53.6 Å². The summed E-state index contributed by atoms with van der Waals surface area (Å²) in [6.45, 7) is 9.39. The molecule has 1 unspecified atom stereocenters. The van der Waals surface area contributed by atoms with Crippen molar-refractivity contribution in [2.24, 2.45) is 0 Å². The molecule has 0 fully saturated rings. The van der Waals surface area contributed by atoms with Crippen molar-refractivity contribution in [2.75, 3.05) is 6.54 Å². The minimum Gasteiger partial charge on any atom is -0.310 e. The van der Waals surface area contributed by atoms with Gasteiger partial charge in [-0.3, -0.25) is 4.98 Å². The van der Waals surface area contributed by atoms with Crippen molar-refractivity contribution < 1.29 is 0 Å². The van der Waals surface area contributed by atoms with Crippen LogP contribution in [0.3, 0.4) is 0 Å². The van der Waals surface area contributed by atoms with E-state index in [9.17, 15) is 0 Å². The Labute approximate surface area is 125 Å². The summed E-state index contributed by atoms with van der Waals surface area (Å²) < 4.78 is 0. The topological polar surface area (TPSA) is 37.8 Å². The molecule has 2 heterocycles. The Morgan fingerprint density at radius 1 is 1.20 bits per heavy atom. The molecule has 4 heteroatoms. The Morgan fingerprint density at radius 3 is 2.60 bits per heavy atom. The van der Waals surface area contributed by atoms with Crippen molar-refractivity contribution >= 4 is 11.3 Å². The first kappa shape index (κ1) is 15.1. The maximum Gasteiger partial charge on any atom is 0.0897 e. The van der Waals surface area contributed by atoms with E-state index in [-0.39, 0.29) is 0 Å². The van der Waals surface area contributed by atoms with Gasteiger partial charge >= 0.3 is 0 Å². The number of nitrogens with zero attached hydrogens (tertiary/aromatic N) is 2. The van der Waals surface area contributed by atoms with Crippen molar-refractivity contribution in [1.29, 1.82) is 0 Å². The predicted octanol–water partition coefficient (Wildman–Crippen LogP) is 3.75. The number of aromatic nitrogens is 2. The summed E-state index contributed by atoms with van der Waals surface area (Å²) in [7, 11) is 0. The molecule has 0 aliphatic rings. The zero-order chi connectivity index (χ0) is 14.5. The minimum atomic E-state index is 0.296. The molecule has 20 heavy (non-hydrogen) atoms. The highest BCUT2D eigenvalue weighted by atomic mass is 32.1. The molecule has 2 aromatic heterocycles. The smallest absolute Gasteiger partial charge is 0.0897 e. The van der Waals surface area contributed by atoms with Gasteiger partial charge in [0.1, 0.15) is 0 Å². The Balaban J connectivity index is 2.22. The lowest BCUT2D eigenvalue weighted by molar-refractivity contribution is 0.521. The zero-order valence-electron chi connectivity index (χ0n) is 12.7. The van der Waals surface area contributed by atoms with Gasteiger partial charge in [-0.25, -0.2) is 4.98 Å². The standard InChI is InChI=1S/C16H23N3S/c1-5-8-17-16(9-14-10-20-13(4)19-14)15-7-6-11(2)18-12(15)3/h6-7,10,16-17H,5,8-9H2,1-4H3. The van der Waals surface area contributed by atoms with Crippen LogP contribution in [0.5, 0.6) is 0 Å². The summed E-state index contributed by atoms with van der Waals surface area (Å²) >= 11 is 1.72. The average Bonchev–Trinajstić information content (AvgIpc) is 2.80. The summed E-state index contributed by atoms with van der Waals surface area (Å²) in [6, 6.07) is 4.59. The highest BCUT2D eigenvalue weighted by molar-refractivity contribution is 7.09. The number of rotatable bonds is 6. The van der Waals surface area contributed by atoms with E-state index in [4.69, 9.17) is 0 Å². The van der Waals surface area contributed by atoms with Gasteiger partial charge in [0.05, 0.1) is 10.7 Å². The minimum absolute atomic E-state index is 0.296. The van der Waals surface area contributed by atoms with E-state index in [0.29, 0.717) is 6.04 Å². The van der Waals surface area contributed by atoms with Crippen LogP contribution in [0.25, 0.3) is 0 Å². The summed E-state index contributed by atoms with van der Waals surface area (Å²) in [4.78, 5) is 9.18. The molecule has 1 atom stereocenters. The van der Waals surface area contributed by atoms with Crippen molar-refractivity contribution in [2.45, 2.75) is 46.6 Å². The normalized spacial score (nSPS) is 12.6. The van der Waals surface area contributed by atoms with E-state index < -0.39 is 0 Å². The molecule has 0 saturated heterocycles. The number of hydrogen-bond donors (Lipinski definition) is 1. The highest BCUT2D eigenvalue weighted by Gasteiger charge is 2.16. The van der Waals surface area contributed by atoms with Gasteiger partial charge in [0.25, 0.3) is 0 Å². The third kappa shape index (κ3) is 3.87. The Kier molecular flexibility index (Phi) is 5.26. The monoisotopic (exact) mass is 289 g/mol. The first-order valence-corrected chi connectivity index (χ1v) is 8.06. The first-order valence-electron chi connectivity index (χ1n) is 7.18. The van der Waals surface area contributed by atoms with Crippen molar-refractivity contribution in [3.8, 4) is 0 Å². The lowest BCUT2D eigenvalue weighted by Gasteiger charge is -2.20. The van der Waals surface area contributed by atoms with Crippen LogP contribution < -0.4 is 5.32 Å². The van der Waals surface area contributed by atoms with E-state index in [1.165, 1.54) is 11.3 Å². The molecular formula is C16H23N3S. The molecule has 0 radical (unpaired) electrons. The molecule has 2 aromatic rings. The van der Waals surface area contributed by atoms with Crippen LogP contribution in [0.2, 0.25) is 0 Å². The second kappa shape index (κ2) is 6.95. The third-order valence-electron chi connectivity index (χ3n) is 3.36. The summed E-state index contributed by atoms with van der Waals surface area (Å²) in [5.41, 5.74) is 4.64. The molecule has 0 amide bonds. The number of hydrogen-bond acceptors (Lipinski definition) is 4. The Hall–Kier alpha value is -1.26. The largest absolute Gasteiger partial charge is 0.310 e. The molecule has 0 aromatic carbocycles. The fourth-order valence-electron chi connectivity index (χ4n) is 2.39. The lowest BCUT2D eigenvalue weighted by Crippen LogP contribution is -2.25. The van der Waals surface area contributed by atoms with Gasteiger partial charge in [0.15, 0.2) is 0 Å². The van der Waals surface area contributed by atoms with Crippen molar-refractivity contribution in [1.82, 2.24) is 15.3 Å². The summed E-state index contributed by atoms with van der Waals surface area (Å²) in [6.07, 6.45) is 2.06. The van der Waals surface area contributed by atoms with Crippen LogP contribution in [0.4, 0.5) is 0 Å². The van der Waals surface area contributed by atoms with Crippen LogP contribution >= 0.6 is 11.3 Å². The molecule has 3 nitrogen and oxygen atoms in total. The fourth-order valence-corrected chi connectivity index (χ4v) is 3.01. The van der Waals surface area contributed by atoms with Gasteiger partial charge in [-0.05, 0) is 45.4 Å². The van der Waals surface area contributed by atoms with E-state index >= 15 is 0 Å². The third-order valence-corrected chi connectivity index (χ3v) is 4.18. The fraction of sp³-hybridized carbons (Fsp3) is 0.500. The van der Waals surface area contributed by atoms with Crippen LogP contribution in [0.15, 0.2) is 17.5 Å². The Bertz CT molecular complexity index is 563. The molecule has 108 valence electrons. The number of aryl methyl sites for hydroxylation is 3. The van der Waals surface area contributed by atoms with Gasteiger partial charge in [-0.2, -0.15) is 0 Å².